The molecule has 3 aromatic carbocycles. The number of phenolic OH excluding ortho intramolecular Hbond substituents is 1. The molecule has 0 radical (unpaired) electrons. The summed E-state index contributed by atoms with van der Waals surface area (Å²) in [5.74, 6) is 1.70. The van der Waals surface area contributed by atoms with Crippen molar-refractivity contribution < 1.29 is 9.84 Å². The van der Waals surface area contributed by atoms with Crippen molar-refractivity contribution in [1.82, 2.24) is 4.90 Å². The van der Waals surface area contributed by atoms with Gasteiger partial charge in [0.1, 0.15) is 17.7 Å². The molecule has 0 heterocycles. The minimum absolute atomic E-state index is 0.00693. The summed E-state index contributed by atoms with van der Waals surface area (Å²) in [7, 11) is 4.02. The summed E-state index contributed by atoms with van der Waals surface area (Å²) in [5.41, 5.74) is 7.63. The predicted octanol–water partition coefficient (Wildman–Crippen LogP) is 6.54. The van der Waals surface area contributed by atoms with E-state index in [9.17, 15) is 5.11 Å². The van der Waals surface area contributed by atoms with Crippen LogP contribution < -0.4 is 4.74 Å². The maximum absolute atomic E-state index is 9.84. The number of hydrogen-bond acceptors (Lipinski definition) is 3. The first-order chi connectivity index (χ1) is 14.9. The molecular formula is C28H31NO2. The molecule has 1 aliphatic rings. The average Bonchev–Trinajstić information content (AvgIpc) is 2.78. The lowest BCUT2D eigenvalue weighted by Gasteiger charge is -2.28. The second kappa shape index (κ2) is 8.99. The lowest BCUT2D eigenvalue weighted by molar-refractivity contribution is 0.0815. The molecule has 0 saturated heterocycles. The van der Waals surface area contributed by atoms with Gasteiger partial charge >= 0.3 is 0 Å². The molecular weight excluding hydrogens is 382 g/mol. The van der Waals surface area contributed by atoms with E-state index in [-0.39, 0.29) is 12.0 Å². The second-order valence-electron chi connectivity index (χ2n) is 8.63. The van der Waals surface area contributed by atoms with Crippen LogP contribution in [0.3, 0.4) is 0 Å². The fraction of sp³-hybridized carbons (Fsp3) is 0.286. The van der Waals surface area contributed by atoms with E-state index in [0.717, 1.165) is 29.7 Å². The lowest BCUT2D eigenvalue weighted by atomic mass is 9.77. The Kier molecular flexibility index (Phi) is 6.15. The predicted molar refractivity (Wildman–Crippen MR) is 128 cm³/mol. The van der Waals surface area contributed by atoms with Gasteiger partial charge in [-0.25, -0.2) is 0 Å². The number of hydrogen-bond donors (Lipinski definition) is 1. The highest BCUT2D eigenvalue weighted by Crippen LogP contribution is 2.44. The van der Waals surface area contributed by atoms with Crippen molar-refractivity contribution in [3.8, 4) is 11.5 Å². The normalized spacial score (nSPS) is 18.4. The molecule has 2 unspecified atom stereocenters. The summed E-state index contributed by atoms with van der Waals surface area (Å²) in [6.45, 7) is 4.35. The van der Waals surface area contributed by atoms with Gasteiger partial charge in [0.15, 0.2) is 0 Å². The molecule has 4 rings (SSSR count). The molecule has 0 saturated carbocycles. The third-order valence-corrected chi connectivity index (χ3v) is 6.28. The van der Waals surface area contributed by atoms with E-state index < -0.39 is 0 Å². The van der Waals surface area contributed by atoms with Gasteiger partial charge in [0, 0.05) is 0 Å². The zero-order valence-electron chi connectivity index (χ0n) is 18.8. The van der Waals surface area contributed by atoms with Crippen LogP contribution in [-0.2, 0) is 0 Å². The van der Waals surface area contributed by atoms with Crippen molar-refractivity contribution in [3.63, 3.8) is 0 Å². The Labute approximate surface area is 185 Å². The Morgan fingerprint density at radius 1 is 0.935 bits per heavy atom. The summed E-state index contributed by atoms with van der Waals surface area (Å²) in [6, 6.07) is 24.7. The standard InChI is InChI=1S/C28H31NO2/c1-19-9-18-27(26-8-6-5-7-25(19)26)28(21-10-14-23(30)15-11-21)22-12-16-24(17-13-22)31-20(2)29(3)4/h5-8,10-17,19-20,30H,9,18H2,1-4H3. The second-order valence-corrected chi connectivity index (χ2v) is 8.63. The highest BCUT2D eigenvalue weighted by atomic mass is 16.5. The van der Waals surface area contributed by atoms with Crippen LogP contribution in [-0.4, -0.2) is 30.3 Å². The Morgan fingerprint density at radius 2 is 1.55 bits per heavy atom. The number of phenols is 1. The van der Waals surface area contributed by atoms with E-state index in [1.807, 2.05) is 50.2 Å². The molecule has 0 amide bonds. The number of fused-ring (bicyclic) bond motifs is 1. The van der Waals surface area contributed by atoms with Crippen LogP contribution in [0.15, 0.2) is 72.8 Å². The third kappa shape index (κ3) is 4.52. The minimum atomic E-state index is 0.00693. The Morgan fingerprint density at radius 3 is 2.19 bits per heavy atom. The Hall–Kier alpha value is -3.04. The first-order valence-corrected chi connectivity index (χ1v) is 11.0. The SMILES string of the molecule is CC1CCC(=C(c2ccc(O)cc2)c2ccc(OC(C)N(C)C)cc2)c2ccccc21. The molecule has 3 heteroatoms. The third-order valence-electron chi connectivity index (χ3n) is 6.28. The maximum atomic E-state index is 9.84. The van der Waals surface area contributed by atoms with Crippen LogP contribution >= 0.6 is 0 Å². The summed E-state index contributed by atoms with van der Waals surface area (Å²) < 4.78 is 6.02. The van der Waals surface area contributed by atoms with Crippen LogP contribution in [0.2, 0.25) is 0 Å². The summed E-state index contributed by atoms with van der Waals surface area (Å²) in [5, 5.41) is 9.84. The zero-order valence-corrected chi connectivity index (χ0v) is 18.8. The fourth-order valence-electron chi connectivity index (χ4n) is 4.26. The van der Waals surface area contributed by atoms with E-state index >= 15 is 0 Å². The Bertz CT molecular complexity index is 1060. The summed E-state index contributed by atoms with van der Waals surface area (Å²) >= 11 is 0. The topological polar surface area (TPSA) is 32.7 Å². The van der Waals surface area contributed by atoms with Gasteiger partial charge in [-0.05, 0) is 97.4 Å². The number of allylic oxidation sites excluding steroid dienone is 1. The van der Waals surface area contributed by atoms with Gasteiger partial charge in [0.25, 0.3) is 0 Å². The van der Waals surface area contributed by atoms with Crippen LogP contribution in [0.5, 0.6) is 11.5 Å². The zero-order chi connectivity index (χ0) is 22.0. The smallest absolute Gasteiger partial charge is 0.149 e. The van der Waals surface area contributed by atoms with E-state index in [1.54, 1.807) is 12.1 Å². The first-order valence-electron chi connectivity index (χ1n) is 11.0. The molecule has 1 N–H and O–H groups in total. The molecule has 31 heavy (non-hydrogen) atoms. The van der Waals surface area contributed by atoms with Gasteiger partial charge in [-0.3, -0.25) is 4.90 Å². The van der Waals surface area contributed by atoms with Crippen LogP contribution in [0.1, 0.15) is 54.9 Å². The van der Waals surface area contributed by atoms with Crippen LogP contribution in [0, 0.1) is 0 Å². The van der Waals surface area contributed by atoms with Crippen LogP contribution in [0.4, 0.5) is 0 Å². The molecule has 2 atom stereocenters. The lowest BCUT2D eigenvalue weighted by Crippen LogP contribution is -2.30. The van der Waals surface area contributed by atoms with Crippen molar-refractivity contribution >= 4 is 11.1 Å². The van der Waals surface area contributed by atoms with Crippen molar-refractivity contribution in [2.24, 2.45) is 0 Å². The van der Waals surface area contributed by atoms with E-state index in [4.69, 9.17) is 4.74 Å². The van der Waals surface area contributed by atoms with Gasteiger partial charge in [-0.15, -0.1) is 0 Å². The fourth-order valence-corrected chi connectivity index (χ4v) is 4.26. The molecule has 3 nitrogen and oxygen atoms in total. The number of nitrogens with zero attached hydrogens (tertiary/aromatic N) is 1. The van der Waals surface area contributed by atoms with E-state index in [0.29, 0.717) is 5.92 Å². The van der Waals surface area contributed by atoms with E-state index in [2.05, 4.69) is 43.3 Å². The molecule has 0 spiro atoms. The quantitative estimate of drug-likeness (QED) is 0.482. The molecule has 0 aromatic heterocycles. The molecule has 0 aliphatic heterocycles. The summed E-state index contributed by atoms with van der Waals surface area (Å²) in [6.07, 6.45) is 2.17. The van der Waals surface area contributed by atoms with Gasteiger partial charge in [-0.2, -0.15) is 0 Å². The van der Waals surface area contributed by atoms with Crippen molar-refractivity contribution in [3.05, 3.63) is 95.1 Å². The molecule has 0 fully saturated rings. The van der Waals surface area contributed by atoms with Crippen LogP contribution in [0.25, 0.3) is 11.1 Å². The highest BCUT2D eigenvalue weighted by Gasteiger charge is 2.23. The first kappa shape index (κ1) is 21.2. The monoisotopic (exact) mass is 413 g/mol. The Balaban J connectivity index is 1.83. The minimum Gasteiger partial charge on any atom is -0.508 e. The average molecular weight is 414 g/mol. The number of benzene rings is 3. The van der Waals surface area contributed by atoms with Gasteiger partial charge < -0.3 is 9.84 Å². The number of aromatic hydroxyl groups is 1. The van der Waals surface area contributed by atoms with Crippen molar-refractivity contribution in [2.75, 3.05) is 14.1 Å². The van der Waals surface area contributed by atoms with Gasteiger partial charge in [0.2, 0.25) is 0 Å². The van der Waals surface area contributed by atoms with Crippen molar-refractivity contribution in [2.45, 2.75) is 38.8 Å². The van der Waals surface area contributed by atoms with Crippen molar-refractivity contribution in [1.29, 1.82) is 0 Å². The maximum Gasteiger partial charge on any atom is 0.149 e. The largest absolute Gasteiger partial charge is 0.508 e. The molecule has 3 aromatic rings. The van der Waals surface area contributed by atoms with E-state index in [1.165, 1.54) is 22.3 Å². The molecule has 160 valence electrons. The number of ether oxygens (including phenoxy) is 1. The van der Waals surface area contributed by atoms with Gasteiger partial charge in [0.05, 0.1) is 0 Å². The summed E-state index contributed by atoms with van der Waals surface area (Å²) in [4.78, 5) is 2.04. The number of rotatable bonds is 5. The van der Waals surface area contributed by atoms with Gasteiger partial charge in [-0.1, -0.05) is 55.5 Å². The highest BCUT2D eigenvalue weighted by molar-refractivity contribution is 5.99. The molecule has 1 aliphatic carbocycles. The molecule has 0 bridgehead atoms.